The first-order chi connectivity index (χ1) is 16.2. The first-order valence-electron chi connectivity index (χ1n) is 10.2. The van der Waals surface area contributed by atoms with Crippen LogP contribution in [0.4, 0.5) is 5.69 Å². The maximum absolute atomic E-state index is 12.9. The second-order valence-electron chi connectivity index (χ2n) is 7.06. The van der Waals surface area contributed by atoms with Crippen molar-refractivity contribution in [1.82, 2.24) is 20.2 Å². The molecule has 4 aromatic rings. The number of nitrogens with zero attached hydrogens (tertiary/aromatic N) is 5. The molecule has 0 saturated carbocycles. The Balaban J connectivity index is 1.44. The molecule has 1 aliphatic heterocycles. The van der Waals surface area contributed by atoms with Crippen LogP contribution in [-0.2, 0) is 4.79 Å². The Morgan fingerprint density at radius 2 is 1.48 bits per heavy atom. The average Bonchev–Trinajstić information content (AvgIpc) is 3.48. The molecular formula is C24H18N6O2S. The molecule has 8 nitrogen and oxygen atoms in total. The summed E-state index contributed by atoms with van der Waals surface area (Å²) < 4.78 is 1.63. The van der Waals surface area contributed by atoms with E-state index < -0.39 is 5.91 Å². The molecule has 1 aliphatic rings. The molecule has 1 saturated heterocycles. The zero-order valence-electron chi connectivity index (χ0n) is 17.3. The summed E-state index contributed by atoms with van der Waals surface area (Å²) in [6.07, 6.45) is 0. The van der Waals surface area contributed by atoms with Crippen molar-refractivity contribution in [2.75, 3.05) is 10.7 Å². The average molecular weight is 455 g/mol. The normalized spacial score (nSPS) is 14.6. The predicted molar refractivity (Wildman–Crippen MR) is 128 cm³/mol. The van der Waals surface area contributed by atoms with Gasteiger partial charge >= 0.3 is 5.91 Å². The number of hydrogen-bond donors (Lipinski definition) is 1. The molecule has 2 amide bonds. The van der Waals surface area contributed by atoms with E-state index in [-0.39, 0.29) is 17.5 Å². The van der Waals surface area contributed by atoms with Gasteiger partial charge in [-0.25, -0.2) is 15.1 Å². The summed E-state index contributed by atoms with van der Waals surface area (Å²) in [5.74, 6) is 0.0979. The number of hydrogen-bond acceptors (Lipinski definition) is 6. The molecule has 1 fully saturated rings. The van der Waals surface area contributed by atoms with Crippen molar-refractivity contribution in [3.05, 3.63) is 96.8 Å². The van der Waals surface area contributed by atoms with Crippen molar-refractivity contribution >= 4 is 34.4 Å². The van der Waals surface area contributed by atoms with E-state index in [1.54, 1.807) is 4.68 Å². The Morgan fingerprint density at radius 3 is 2.15 bits per heavy atom. The molecule has 9 heteroatoms. The van der Waals surface area contributed by atoms with Gasteiger partial charge in [-0.2, -0.15) is 0 Å². The SMILES string of the molecule is O=C(N/N=C1/SCC(=O)N1c1ccccc1)c1nc(-c2ccccc2)n(-c2ccccc2)n1. The fraction of sp³-hybridized carbons (Fsp3) is 0.0417. The summed E-state index contributed by atoms with van der Waals surface area (Å²) in [6.45, 7) is 0. The lowest BCUT2D eigenvalue weighted by atomic mass is 10.2. The second-order valence-corrected chi connectivity index (χ2v) is 8.00. The van der Waals surface area contributed by atoms with Crippen molar-refractivity contribution in [3.63, 3.8) is 0 Å². The molecule has 5 rings (SSSR count). The largest absolute Gasteiger partial charge is 0.311 e. The number of thioether (sulfide) groups is 1. The number of para-hydroxylation sites is 2. The van der Waals surface area contributed by atoms with Crippen LogP contribution >= 0.6 is 11.8 Å². The lowest BCUT2D eigenvalue weighted by molar-refractivity contribution is -0.115. The number of benzene rings is 3. The Bertz CT molecular complexity index is 1270. The van der Waals surface area contributed by atoms with Crippen molar-refractivity contribution in [2.45, 2.75) is 0 Å². The fourth-order valence-electron chi connectivity index (χ4n) is 3.36. The van der Waals surface area contributed by atoms with Gasteiger partial charge in [-0.3, -0.25) is 14.5 Å². The van der Waals surface area contributed by atoms with Gasteiger partial charge in [0.15, 0.2) is 11.0 Å². The van der Waals surface area contributed by atoms with Crippen molar-refractivity contribution in [1.29, 1.82) is 0 Å². The summed E-state index contributed by atoms with van der Waals surface area (Å²) in [4.78, 5) is 31.2. The van der Waals surface area contributed by atoms with Crippen LogP contribution in [0.15, 0.2) is 96.1 Å². The summed E-state index contributed by atoms with van der Waals surface area (Å²) in [7, 11) is 0. The number of anilines is 1. The quantitative estimate of drug-likeness (QED) is 0.464. The highest BCUT2D eigenvalue weighted by Crippen LogP contribution is 2.26. The van der Waals surface area contributed by atoms with E-state index in [1.807, 2.05) is 91.0 Å². The summed E-state index contributed by atoms with van der Waals surface area (Å²) >= 11 is 1.26. The third kappa shape index (κ3) is 4.26. The maximum atomic E-state index is 12.9. The van der Waals surface area contributed by atoms with E-state index >= 15 is 0 Å². The van der Waals surface area contributed by atoms with E-state index in [1.165, 1.54) is 16.7 Å². The van der Waals surface area contributed by atoms with Gasteiger partial charge in [-0.1, -0.05) is 78.5 Å². The molecule has 0 unspecified atom stereocenters. The number of amides is 2. The van der Waals surface area contributed by atoms with E-state index in [0.717, 1.165) is 11.3 Å². The molecule has 33 heavy (non-hydrogen) atoms. The van der Waals surface area contributed by atoms with Gasteiger partial charge in [-0.15, -0.1) is 10.2 Å². The number of aromatic nitrogens is 3. The topological polar surface area (TPSA) is 92.5 Å². The van der Waals surface area contributed by atoms with Crippen LogP contribution in [-0.4, -0.2) is 37.5 Å². The summed E-state index contributed by atoms with van der Waals surface area (Å²) in [5, 5.41) is 9.01. The highest BCUT2D eigenvalue weighted by molar-refractivity contribution is 8.15. The predicted octanol–water partition coefficient (Wildman–Crippen LogP) is 3.72. The Kier molecular flexibility index (Phi) is 5.69. The number of carbonyl (C=O) groups is 2. The standard InChI is InChI=1S/C24H18N6O2S/c31-20-16-33-24(29(20)18-12-6-2-7-13-18)27-26-23(32)21-25-22(17-10-4-1-5-11-17)30(28-21)19-14-8-3-9-15-19/h1-15H,16H2,(H,26,32)/b27-24+. The molecule has 3 aromatic carbocycles. The minimum atomic E-state index is -0.567. The number of carbonyl (C=O) groups excluding carboxylic acids is 2. The van der Waals surface area contributed by atoms with Crippen LogP contribution in [0.5, 0.6) is 0 Å². The van der Waals surface area contributed by atoms with E-state index in [4.69, 9.17) is 0 Å². The number of hydrazone groups is 1. The van der Waals surface area contributed by atoms with E-state index in [9.17, 15) is 9.59 Å². The summed E-state index contributed by atoms with van der Waals surface area (Å²) in [5.41, 5.74) is 4.80. The van der Waals surface area contributed by atoms with Gasteiger partial charge in [0, 0.05) is 5.56 Å². The highest BCUT2D eigenvalue weighted by atomic mass is 32.2. The monoisotopic (exact) mass is 454 g/mol. The molecule has 162 valence electrons. The number of rotatable bonds is 5. The zero-order chi connectivity index (χ0) is 22.6. The third-order valence-corrected chi connectivity index (χ3v) is 5.80. The Hall–Kier alpha value is -4.24. The molecule has 1 N–H and O–H groups in total. The van der Waals surface area contributed by atoms with Crippen molar-refractivity contribution in [2.24, 2.45) is 5.10 Å². The second kappa shape index (κ2) is 9.09. The molecular weight excluding hydrogens is 436 g/mol. The van der Waals surface area contributed by atoms with Crippen LogP contribution < -0.4 is 10.3 Å². The molecule has 0 aliphatic carbocycles. The lowest BCUT2D eigenvalue weighted by Gasteiger charge is -2.15. The smallest absolute Gasteiger partial charge is 0.273 e. The first-order valence-corrected chi connectivity index (χ1v) is 11.2. The Labute approximate surface area is 194 Å². The molecule has 0 spiro atoms. The Morgan fingerprint density at radius 1 is 0.879 bits per heavy atom. The van der Waals surface area contributed by atoms with Gasteiger partial charge in [-0.05, 0) is 24.3 Å². The molecule has 1 aromatic heterocycles. The molecule has 0 atom stereocenters. The van der Waals surface area contributed by atoms with Crippen LogP contribution in [0.1, 0.15) is 10.6 Å². The summed E-state index contributed by atoms with van der Waals surface area (Å²) in [6, 6.07) is 28.2. The van der Waals surface area contributed by atoms with Crippen LogP contribution in [0, 0.1) is 0 Å². The maximum Gasteiger partial charge on any atom is 0.311 e. The minimum Gasteiger partial charge on any atom is -0.273 e. The molecule has 0 bridgehead atoms. The first kappa shape index (κ1) is 20.7. The van der Waals surface area contributed by atoms with Gasteiger partial charge < -0.3 is 0 Å². The fourth-order valence-corrected chi connectivity index (χ4v) is 4.18. The van der Waals surface area contributed by atoms with Gasteiger partial charge in [0.25, 0.3) is 0 Å². The van der Waals surface area contributed by atoms with Crippen LogP contribution in [0.3, 0.4) is 0 Å². The van der Waals surface area contributed by atoms with Crippen LogP contribution in [0.2, 0.25) is 0 Å². The highest BCUT2D eigenvalue weighted by Gasteiger charge is 2.30. The zero-order valence-corrected chi connectivity index (χ0v) is 18.1. The van der Waals surface area contributed by atoms with Crippen molar-refractivity contribution < 1.29 is 9.59 Å². The molecule has 2 heterocycles. The van der Waals surface area contributed by atoms with E-state index in [0.29, 0.717) is 16.7 Å². The number of nitrogens with one attached hydrogen (secondary N) is 1. The van der Waals surface area contributed by atoms with E-state index in [2.05, 4.69) is 20.6 Å². The van der Waals surface area contributed by atoms with Gasteiger partial charge in [0.1, 0.15) is 0 Å². The number of amidine groups is 1. The van der Waals surface area contributed by atoms with Gasteiger partial charge in [0.05, 0.1) is 17.1 Å². The van der Waals surface area contributed by atoms with Crippen molar-refractivity contribution in [3.8, 4) is 17.1 Å². The van der Waals surface area contributed by atoms with Crippen LogP contribution in [0.25, 0.3) is 17.1 Å². The lowest BCUT2D eigenvalue weighted by Crippen LogP contribution is -2.31. The van der Waals surface area contributed by atoms with Gasteiger partial charge in [0.2, 0.25) is 11.7 Å². The third-order valence-electron chi connectivity index (χ3n) is 4.88. The molecule has 0 radical (unpaired) electrons. The minimum absolute atomic E-state index is 0.0253.